The molecule has 0 aliphatic carbocycles. The maximum atomic E-state index is 11.6. The van der Waals surface area contributed by atoms with Gasteiger partial charge in [0, 0.05) is 12.2 Å². The first kappa shape index (κ1) is 33.6. The molecule has 0 aromatic rings. The van der Waals surface area contributed by atoms with Crippen molar-refractivity contribution >= 4 is 22.1 Å². The Morgan fingerprint density at radius 2 is 0.886 bits per heavy atom. The molecule has 0 radical (unpaired) electrons. The second-order valence-electron chi connectivity index (χ2n) is 9.32. The highest BCUT2D eigenvalue weighted by Gasteiger charge is 2.05. The molecule has 1 N–H and O–H groups in total. The van der Waals surface area contributed by atoms with Crippen molar-refractivity contribution in [1.29, 1.82) is 0 Å². The van der Waals surface area contributed by atoms with E-state index in [9.17, 15) is 18.0 Å². The Labute approximate surface area is 214 Å². The molecule has 7 nitrogen and oxygen atoms in total. The van der Waals surface area contributed by atoms with Gasteiger partial charge in [0.1, 0.15) is 0 Å². The summed E-state index contributed by atoms with van der Waals surface area (Å²) in [6, 6.07) is 0. The van der Waals surface area contributed by atoms with Crippen molar-refractivity contribution in [1.82, 2.24) is 0 Å². The van der Waals surface area contributed by atoms with Gasteiger partial charge in [-0.05, 0) is 12.8 Å². The minimum absolute atomic E-state index is 0.0117. The number of ether oxygens (including phenoxy) is 2. The first-order valence-electron chi connectivity index (χ1n) is 13.8. The third kappa shape index (κ3) is 28.7. The fraction of sp³-hybridized carbons (Fsp3) is 0.852. The van der Waals surface area contributed by atoms with Gasteiger partial charge in [0.25, 0.3) is 10.1 Å². The Morgan fingerprint density at radius 3 is 1.23 bits per heavy atom. The Hall–Kier alpha value is -1.41. The van der Waals surface area contributed by atoms with Crippen molar-refractivity contribution in [3.63, 3.8) is 0 Å². The topological polar surface area (TPSA) is 107 Å². The summed E-state index contributed by atoms with van der Waals surface area (Å²) in [6.45, 7) is 2.43. The normalized spacial score (nSPS) is 11.7. The second-order valence-corrected chi connectivity index (χ2v) is 10.9. The van der Waals surface area contributed by atoms with Crippen LogP contribution in [0.1, 0.15) is 129 Å². The average Bonchev–Trinajstić information content (AvgIpc) is 2.81. The third-order valence-electron chi connectivity index (χ3n) is 5.89. The second kappa shape index (κ2) is 24.3. The van der Waals surface area contributed by atoms with Gasteiger partial charge < -0.3 is 9.47 Å². The van der Waals surface area contributed by atoms with Gasteiger partial charge in [0.05, 0.1) is 19.0 Å². The molecule has 206 valence electrons. The van der Waals surface area contributed by atoms with E-state index in [1.54, 1.807) is 0 Å². The highest BCUT2D eigenvalue weighted by Crippen LogP contribution is 2.14. The smallest absolute Gasteiger partial charge is 0.331 e. The lowest BCUT2D eigenvalue weighted by molar-refractivity contribution is -0.140. The van der Waals surface area contributed by atoms with E-state index >= 15 is 0 Å². The Morgan fingerprint density at radius 1 is 0.571 bits per heavy atom. The van der Waals surface area contributed by atoms with E-state index in [-0.39, 0.29) is 13.0 Å². The lowest BCUT2D eigenvalue weighted by Crippen LogP contribution is -2.10. The van der Waals surface area contributed by atoms with Crippen molar-refractivity contribution in [2.45, 2.75) is 129 Å². The minimum atomic E-state index is -4.06. The van der Waals surface area contributed by atoms with E-state index in [1.165, 1.54) is 96.3 Å². The van der Waals surface area contributed by atoms with Gasteiger partial charge in [-0.15, -0.1) is 0 Å². The molecule has 8 heteroatoms. The van der Waals surface area contributed by atoms with Crippen LogP contribution in [0, 0.1) is 0 Å². The Bertz CT molecular complexity index is 644. The standard InChI is InChI=1S/C27H50O7S/c1-2-3-4-5-6-7-8-9-10-11-12-13-14-15-16-17-18-19-23-33-26(28)21-22-27(29)34-24-20-25-35(30,31)32/h21-22H,2-20,23-25H2,1H3,(H,30,31,32). The lowest BCUT2D eigenvalue weighted by Gasteiger charge is -2.04. The molecule has 0 atom stereocenters. The zero-order valence-electron chi connectivity index (χ0n) is 22.0. The first-order chi connectivity index (χ1) is 16.8. The summed E-state index contributed by atoms with van der Waals surface area (Å²) >= 11 is 0. The summed E-state index contributed by atoms with van der Waals surface area (Å²) in [5.41, 5.74) is 0. The highest BCUT2D eigenvalue weighted by molar-refractivity contribution is 7.85. The van der Waals surface area contributed by atoms with Crippen LogP contribution in [0.5, 0.6) is 0 Å². The number of rotatable bonds is 25. The van der Waals surface area contributed by atoms with Crippen molar-refractivity contribution < 1.29 is 32.0 Å². The van der Waals surface area contributed by atoms with E-state index in [0.29, 0.717) is 6.61 Å². The van der Waals surface area contributed by atoms with Gasteiger partial charge in [-0.3, -0.25) is 4.55 Å². The van der Waals surface area contributed by atoms with Crippen LogP contribution in [0.2, 0.25) is 0 Å². The molecular formula is C27H50O7S. The molecule has 0 aliphatic rings. The molecule has 0 unspecified atom stereocenters. The number of hydrogen-bond acceptors (Lipinski definition) is 6. The van der Waals surface area contributed by atoms with Crippen LogP contribution in [0.25, 0.3) is 0 Å². The predicted molar refractivity (Wildman–Crippen MR) is 141 cm³/mol. The first-order valence-corrected chi connectivity index (χ1v) is 15.4. The zero-order valence-corrected chi connectivity index (χ0v) is 22.8. The Kier molecular flexibility index (Phi) is 23.3. The van der Waals surface area contributed by atoms with Gasteiger partial charge in [-0.25, -0.2) is 9.59 Å². The van der Waals surface area contributed by atoms with E-state index in [4.69, 9.17) is 14.0 Å². The third-order valence-corrected chi connectivity index (χ3v) is 6.69. The largest absolute Gasteiger partial charge is 0.463 e. The molecule has 0 heterocycles. The van der Waals surface area contributed by atoms with Crippen LogP contribution in [0.4, 0.5) is 0 Å². The molecule has 0 bridgehead atoms. The van der Waals surface area contributed by atoms with Crippen LogP contribution >= 0.6 is 0 Å². The molecule has 0 aromatic heterocycles. The summed E-state index contributed by atoms with van der Waals surface area (Å²) in [6.07, 6.45) is 25.4. The number of carbonyl (C=O) groups is 2. The number of carbonyl (C=O) groups excluding carboxylic acids is 2. The molecule has 0 spiro atoms. The van der Waals surface area contributed by atoms with E-state index in [2.05, 4.69) is 6.92 Å². The van der Waals surface area contributed by atoms with Crippen molar-refractivity contribution in [2.75, 3.05) is 19.0 Å². The van der Waals surface area contributed by atoms with Crippen molar-refractivity contribution in [2.24, 2.45) is 0 Å². The van der Waals surface area contributed by atoms with Crippen molar-refractivity contribution in [3.8, 4) is 0 Å². The quantitative estimate of drug-likeness (QED) is 0.0603. The van der Waals surface area contributed by atoms with Gasteiger partial charge >= 0.3 is 11.9 Å². The lowest BCUT2D eigenvalue weighted by atomic mass is 10.0. The molecule has 0 saturated carbocycles. The van der Waals surface area contributed by atoms with Gasteiger partial charge in [0.15, 0.2) is 0 Å². The molecular weight excluding hydrogens is 468 g/mol. The van der Waals surface area contributed by atoms with Crippen LogP contribution in [0.15, 0.2) is 12.2 Å². The van der Waals surface area contributed by atoms with E-state index in [0.717, 1.165) is 31.4 Å². The molecule has 0 aromatic carbocycles. The fourth-order valence-electron chi connectivity index (χ4n) is 3.82. The summed E-state index contributed by atoms with van der Waals surface area (Å²) in [4.78, 5) is 23.0. The molecule has 0 aliphatic heterocycles. The monoisotopic (exact) mass is 518 g/mol. The summed E-state index contributed by atoms with van der Waals surface area (Å²) in [5, 5.41) is 0. The maximum absolute atomic E-state index is 11.6. The highest BCUT2D eigenvalue weighted by atomic mass is 32.2. The number of hydrogen-bond donors (Lipinski definition) is 1. The Balaban J connectivity index is 3.35. The van der Waals surface area contributed by atoms with E-state index in [1.807, 2.05) is 0 Å². The minimum Gasteiger partial charge on any atom is -0.463 e. The number of unbranched alkanes of at least 4 members (excludes halogenated alkanes) is 17. The van der Waals surface area contributed by atoms with Crippen LogP contribution in [0.3, 0.4) is 0 Å². The van der Waals surface area contributed by atoms with Crippen LogP contribution < -0.4 is 0 Å². The van der Waals surface area contributed by atoms with Gasteiger partial charge in [0.2, 0.25) is 0 Å². The van der Waals surface area contributed by atoms with Crippen molar-refractivity contribution in [3.05, 3.63) is 12.2 Å². The maximum Gasteiger partial charge on any atom is 0.331 e. The van der Waals surface area contributed by atoms with Gasteiger partial charge in [-0.1, -0.05) is 116 Å². The molecule has 0 amide bonds. The van der Waals surface area contributed by atoms with Crippen LogP contribution in [-0.4, -0.2) is 43.9 Å². The van der Waals surface area contributed by atoms with Gasteiger partial charge in [-0.2, -0.15) is 8.42 Å². The summed E-state index contributed by atoms with van der Waals surface area (Å²) in [5.74, 6) is -1.84. The van der Waals surface area contributed by atoms with E-state index < -0.39 is 27.8 Å². The summed E-state index contributed by atoms with van der Waals surface area (Å²) < 4.78 is 39.4. The molecule has 0 fully saturated rings. The molecule has 0 rings (SSSR count). The predicted octanol–water partition coefficient (Wildman–Crippen LogP) is 6.95. The SMILES string of the molecule is CCCCCCCCCCCCCCCCCCCCOC(=O)C=CC(=O)OCCCS(=O)(=O)O. The average molecular weight is 519 g/mol. The summed E-state index contributed by atoms with van der Waals surface area (Å²) in [7, 11) is -4.06. The fourth-order valence-corrected chi connectivity index (χ4v) is 4.31. The number of esters is 2. The van der Waals surface area contributed by atoms with Crippen LogP contribution in [-0.2, 0) is 29.2 Å². The zero-order chi connectivity index (χ0) is 26.0. The molecule has 0 saturated heterocycles. The molecule has 35 heavy (non-hydrogen) atoms.